The number of thioether (sulfide) groups is 1. The van der Waals surface area contributed by atoms with Crippen LogP contribution in [0.5, 0.6) is 0 Å². The lowest BCUT2D eigenvalue weighted by Gasteiger charge is -2.23. The molecule has 1 amide bonds. The van der Waals surface area contributed by atoms with Crippen molar-refractivity contribution in [3.8, 4) is 0 Å². The number of aryl methyl sites for hydroxylation is 1. The lowest BCUT2D eigenvalue weighted by Crippen LogP contribution is -2.38. The van der Waals surface area contributed by atoms with Crippen molar-refractivity contribution in [3.63, 3.8) is 0 Å². The monoisotopic (exact) mass is 441 g/mol. The fourth-order valence-electron chi connectivity index (χ4n) is 3.12. The maximum Gasteiger partial charge on any atom is 0.332 e. The Morgan fingerprint density at radius 3 is 2.26 bits per heavy atom. The number of para-hydroxylation sites is 1. The Labute approximate surface area is 184 Å². The van der Waals surface area contributed by atoms with Gasteiger partial charge in [0.15, 0.2) is 5.65 Å². The third-order valence-corrected chi connectivity index (χ3v) is 6.12. The molecule has 0 aliphatic heterocycles. The molecule has 0 spiro atoms. The molecule has 31 heavy (non-hydrogen) atoms. The molecule has 1 atom stereocenters. The molecular weight excluding hydrogens is 414 g/mol. The summed E-state index contributed by atoms with van der Waals surface area (Å²) < 4.78 is 2.38. The Hall–Kier alpha value is -2.94. The van der Waals surface area contributed by atoms with Crippen LogP contribution in [-0.4, -0.2) is 37.3 Å². The van der Waals surface area contributed by atoms with Gasteiger partial charge in [-0.2, -0.15) is 0 Å². The number of carbonyl (C=O) groups excluding carboxylic acids is 1. The number of aromatic nitrogens is 4. The van der Waals surface area contributed by atoms with Gasteiger partial charge in [-0.25, -0.2) is 14.8 Å². The molecule has 0 fully saturated rings. The van der Waals surface area contributed by atoms with E-state index in [1.807, 2.05) is 51.1 Å². The Bertz CT molecular complexity index is 1260. The molecule has 1 aromatic carbocycles. The van der Waals surface area contributed by atoms with Gasteiger partial charge in [0.05, 0.1) is 5.25 Å². The molecule has 0 saturated carbocycles. The van der Waals surface area contributed by atoms with Crippen molar-refractivity contribution in [1.29, 1.82) is 0 Å². The summed E-state index contributed by atoms with van der Waals surface area (Å²) in [5, 5.41) is 0.121. The first-order valence-electron chi connectivity index (χ1n) is 9.91. The van der Waals surface area contributed by atoms with E-state index in [0.29, 0.717) is 10.9 Å². The van der Waals surface area contributed by atoms with Gasteiger partial charge in [0.2, 0.25) is 5.91 Å². The standard InChI is InChI=1S/C22H27N5O3S/c1-13(18(28)25(5)14-11-9-8-10-12-14)31-17-15-16(23-20(24-17)22(2,3)4)26(6)21(30)27(7)19(15)29/h8-13H,1-7H3. The van der Waals surface area contributed by atoms with Crippen LogP contribution in [0.3, 0.4) is 0 Å². The SMILES string of the molecule is CC(Sc1nc(C(C)(C)C)nc2c1c(=O)n(C)c(=O)n2C)C(=O)N(C)c1ccccc1. The number of nitrogens with zero attached hydrogens (tertiary/aromatic N) is 5. The Morgan fingerprint density at radius 2 is 1.68 bits per heavy atom. The maximum absolute atomic E-state index is 13.1. The maximum atomic E-state index is 13.1. The Kier molecular flexibility index (Phi) is 6.09. The first-order valence-corrected chi connectivity index (χ1v) is 10.8. The molecule has 0 aliphatic rings. The summed E-state index contributed by atoms with van der Waals surface area (Å²) in [6.45, 7) is 7.65. The fourth-order valence-corrected chi connectivity index (χ4v) is 4.15. The van der Waals surface area contributed by atoms with Gasteiger partial charge in [0.25, 0.3) is 5.56 Å². The van der Waals surface area contributed by atoms with Gasteiger partial charge in [-0.05, 0) is 19.1 Å². The molecule has 0 saturated heterocycles. The molecule has 9 heteroatoms. The van der Waals surface area contributed by atoms with E-state index in [1.54, 1.807) is 25.9 Å². The van der Waals surface area contributed by atoms with E-state index in [4.69, 9.17) is 0 Å². The highest BCUT2D eigenvalue weighted by atomic mass is 32.2. The van der Waals surface area contributed by atoms with Crippen LogP contribution < -0.4 is 16.1 Å². The molecule has 3 aromatic rings. The van der Waals surface area contributed by atoms with Gasteiger partial charge in [0, 0.05) is 32.2 Å². The van der Waals surface area contributed by atoms with Crippen molar-refractivity contribution in [2.24, 2.45) is 14.1 Å². The number of rotatable bonds is 4. The van der Waals surface area contributed by atoms with Crippen LogP contribution in [0.1, 0.15) is 33.5 Å². The first-order chi connectivity index (χ1) is 14.4. The second-order valence-corrected chi connectivity index (χ2v) is 9.83. The second-order valence-electron chi connectivity index (χ2n) is 8.50. The highest BCUT2D eigenvalue weighted by Gasteiger charge is 2.27. The minimum Gasteiger partial charge on any atom is -0.315 e. The van der Waals surface area contributed by atoms with Crippen LogP contribution in [0.25, 0.3) is 11.0 Å². The van der Waals surface area contributed by atoms with E-state index in [-0.39, 0.29) is 16.9 Å². The van der Waals surface area contributed by atoms with Crippen LogP contribution >= 0.6 is 11.8 Å². The average molecular weight is 442 g/mol. The Balaban J connectivity index is 2.13. The third-order valence-electron chi connectivity index (χ3n) is 5.05. The highest BCUT2D eigenvalue weighted by Crippen LogP contribution is 2.30. The molecule has 164 valence electrons. The first kappa shape index (κ1) is 22.7. The molecule has 2 aromatic heterocycles. The van der Waals surface area contributed by atoms with Gasteiger partial charge < -0.3 is 4.90 Å². The van der Waals surface area contributed by atoms with Gasteiger partial charge in [-0.3, -0.25) is 18.7 Å². The molecule has 0 N–H and O–H groups in total. The Morgan fingerprint density at radius 1 is 1.06 bits per heavy atom. The average Bonchev–Trinajstić information content (AvgIpc) is 2.74. The topological polar surface area (TPSA) is 90.1 Å². The zero-order valence-corrected chi connectivity index (χ0v) is 19.6. The summed E-state index contributed by atoms with van der Waals surface area (Å²) in [6, 6.07) is 9.35. The summed E-state index contributed by atoms with van der Waals surface area (Å²) in [5.41, 5.74) is -0.292. The minimum atomic E-state index is -0.516. The van der Waals surface area contributed by atoms with E-state index in [9.17, 15) is 14.4 Å². The lowest BCUT2D eigenvalue weighted by molar-refractivity contribution is -0.117. The molecule has 0 aliphatic carbocycles. The van der Waals surface area contributed by atoms with Crippen LogP contribution in [0.4, 0.5) is 5.69 Å². The lowest BCUT2D eigenvalue weighted by atomic mass is 9.96. The fraction of sp³-hybridized carbons (Fsp3) is 0.409. The van der Waals surface area contributed by atoms with Crippen molar-refractivity contribution in [2.75, 3.05) is 11.9 Å². The number of amides is 1. The largest absolute Gasteiger partial charge is 0.332 e. The quantitative estimate of drug-likeness (QED) is 0.456. The van der Waals surface area contributed by atoms with Crippen molar-refractivity contribution in [1.82, 2.24) is 19.1 Å². The van der Waals surface area contributed by atoms with E-state index in [2.05, 4.69) is 9.97 Å². The molecule has 0 bridgehead atoms. The van der Waals surface area contributed by atoms with Crippen LogP contribution in [0.2, 0.25) is 0 Å². The smallest absolute Gasteiger partial charge is 0.315 e. The van der Waals surface area contributed by atoms with E-state index < -0.39 is 21.9 Å². The van der Waals surface area contributed by atoms with Gasteiger partial charge in [-0.15, -0.1) is 0 Å². The van der Waals surface area contributed by atoms with E-state index in [0.717, 1.165) is 10.3 Å². The number of carbonyl (C=O) groups is 1. The molecule has 0 radical (unpaired) electrons. The van der Waals surface area contributed by atoms with Crippen molar-refractivity contribution in [3.05, 3.63) is 57.0 Å². The van der Waals surface area contributed by atoms with Crippen molar-refractivity contribution in [2.45, 2.75) is 43.4 Å². The highest BCUT2D eigenvalue weighted by molar-refractivity contribution is 8.00. The predicted molar refractivity (Wildman–Crippen MR) is 124 cm³/mol. The summed E-state index contributed by atoms with van der Waals surface area (Å²) in [5.74, 6) is 0.378. The number of fused-ring (bicyclic) bond motifs is 1. The van der Waals surface area contributed by atoms with Gasteiger partial charge in [-0.1, -0.05) is 50.7 Å². The molecule has 2 heterocycles. The van der Waals surface area contributed by atoms with Crippen LogP contribution in [-0.2, 0) is 24.3 Å². The van der Waals surface area contributed by atoms with Gasteiger partial charge in [0.1, 0.15) is 16.2 Å². The second kappa shape index (κ2) is 8.30. The molecule has 3 rings (SSSR count). The normalized spacial score (nSPS) is 12.7. The number of anilines is 1. The number of hydrogen-bond donors (Lipinski definition) is 0. The summed E-state index contributed by atoms with van der Waals surface area (Å²) in [7, 11) is 4.72. The minimum absolute atomic E-state index is 0.123. The van der Waals surface area contributed by atoms with E-state index >= 15 is 0 Å². The zero-order valence-electron chi connectivity index (χ0n) is 18.8. The zero-order chi connectivity index (χ0) is 23.1. The number of hydrogen-bond acceptors (Lipinski definition) is 6. The van der Waals surface area contributed by atoms with Gasteiger partial charge >= 0.3 is 5.69 Å². The van der Waals surface area contributed by atoms with Crippen molar-refractivity contribution >= 4 is 34.4 Å². The molecule has 1 unspecified atom stereocenters. The summed E-state index contributed by atoms with van der Waals surface area (Å²) in [4.78, 5) is 49.2. The summed E-state index contributed by atoms with van der Waals surface area (Å²) >= 11 is 1.20. The van der Waals surface area contributed by atoms with Crippen LogP contribution in [0.15, 0.2) is 44.9 Å². The summed E-state index contributed by atoms with van der Waals surface area (Å²) in [6.07, 6.45) is 0. The molecular formula is C22H27N5O3S. The van der Waals surface area contributed by atoms with Crippen LogP contribution in [0, 0.1) is 0 Å². The molecule has 8 nitrogen and oxygen atoms in total. The third kappa shape index (κ3) is 4.27. The van der Waals surface area contributed by atoms with E-state index in [1.165, 1.54) is 23.4 Å². The van der Waals surface area contributed by atoms with Crippen molar-refractivity contribution < 1.29 is 4.79 Å². The number of benzene rings is 1. The predicted octanol–water partition coefficient (Wildman–Crippen LogP) is 2.47.